The summed E-state index contributed by atoms with van der Waals surface area (Å²) in [5.41, 5.74) is 1.47. The molecule has 0 saturated heterocycles. The highest BCUT2D eigenvalue weighted by molar-refractivity contribution is 14.1. The van der Waals surface area contributed by atoms with Crippen molar-refractivity contribution in [2.45, 2.75) is 30.1 Å². The fourth-order valence-corrected chi connectivity index (χ4v) is 1.67. The van der Waals surface area contributed by atoms with Gasteiger partial charge in [0, 0.05) is 3.92 Å². The summed E-state index contributed by atoms with van der Waals surface area (Å²) in [6, 6.07) is 10.7. The van der Waals surface area contributed by atoms with E-state index in [-0.39, 0.29) is 0 Å². The minimum Gasteiger partial charge on any atom is -0.0829 e. The van der Waals surface area contributed by atoms with Crippen LogP contribution in [0.5, 0.6) is 0 Å². The standard InChI is InChI=1S/C11H15I/c1-10(12)6-5-9-11-7-3-2-4-8-11/h2-4,7-8,10H,5-6,9H2,1H3. The first-order valence-corrected chi connectivity index (χ1v) is 5.71. The van der Waals surface area contributed by atoms with Gasteiger partial charge in [0.1, 0.15) is 0 Å². The molecule has 1 unspecified atom stereocenters. The van der Waals surface area contributed by atoms with Gasteiger partial charge in [0.15, 0.2) is 0 Å². The first kappa shape index (κ1) is 10.0. The number of benzene rings is 1. The molecule has 0 bridgehead atoms. The van der Waals surface area contributed by atoms with Gasteiger partial charge in [-0.3, -0.25) is 0 Å². The molecule has 0 N–H and O–H groups in total. The highest BCUT2D eigenvalue weighted by atomic mass is 127. The zero-order valence-electron chi connectivity index (χ0n) is 7.46. The fourth-order valence-electron chi connectivity index (χ4n) is 1.23. The molecule has 0 amide bonds. The fraction of sp³-hybridized carbons (Fsp3) is 0.455. The average molecular weight is 274 g/mol. The summed E-state index contributed by atoms with van der Waals surface area (Å²) in [4.78, 5) is 0. The van der Waals surface area contributed by atoms with Crippen LogP contribution in [-0.2, 0) is 6.42 Å². The highest BCUT2D eigenvalue weighted by Crippen LogP contribution is 2.10. The number of aryl methyl sites for hydroxylation is 1. The third-order valence-corrected chi connectivity index (χ3v) is 2.53. The molecule has 0 spiro atoms. The van der Waals surface area contributed by atoms with Gasteiger partial charge < -0.3 is 0 Å². The van der Waals surface area contributed by atoms with E-state index in [1.807, 2.05) is 0 Å². The molecule has 1 aromatic rings. The van der Waals surface area contributed by atoms with Gasteiger partial charge in [-0.1, -0.05) is 59.8 Å². The van der Waals surface area contributed by atoms with Crippen molar-refractivity contribution < 1.29 is 0 Å². The van der Waals surface area contributed by atoms with E-state index in [1.165, 1.54) is 24.8 Å². The van der Waals surface area contributed by atoms with Gasteiger partial charge in [-0.15, -0.1) is 0 Å². The number of hydrogen-bond acceptors (Lipinski definition) is 0. The molecule has 0 radical (unpaired) electrons. The lowest BCUT2D eigenvalue weighted by Gasteiger charge is -2.02. The van der Waals surface area contributed by atoms with Crippen LogP contribution in [0.2, 0.25) is 0 Å². The molecule has 0 fully saturated rings. The molecular formula is C11H15I. The zero-order chi connectivity index (χ0) is 8.81. The monoisotopic (exact) mass is 274 g/mol. The Morgan fingerprint density at radius 1 is 1.25 bits per heavy atom. The Morgan fingerprint density at radius 3 is 2.50 bits per heavy atom. The number of halogens is 1. The van der Waals surface area contributed by atoms with Gasteiger partial charge in [-0.2, -0.15) is 0 Å². The lowest BCUT2D eigenvalue weighted by molar-refractivity contribution is 0.744. The Balaban J connectivity index is 2.25. The van der Waals surface area contributed by atoms with E-state index in [4.69, 9.17) is 0 Å². The third kappa shape index (κ3) is 4.10. The summed E-state index contributed by atoms with van der Waals surface area (Å²) in [5.74, 6) is 0. The molecule has 0 aliphatic heterocycles. The molecular weight excluding hydrogens is 259 g/mol. The van der Waals surface area contributed by atoms with Crippen molar-refractivity contribution in [3.63, 3.8) is 0 Å². The maximum atomic E-state index is 2.49. The predicted octanol–water partition coefficient (Wildman–Crippen LogP) is 3.83. The van der Waals surface area contributed by atoms with Crippen molar-refractivity contribution in [1.82, 2.24) is 0 Å². The second-order valence-corrected chi connectivity index (χ2v) is 5.29. The largest absolute Gasteiger partial charge is 0.0829 e. The van der Waals surface area contributed by atoms with Gasteiger partial charge in [-0.05, 0) is 24.8 Å². The molecule has 0 aliphatic carbocycles. The van der Waals surface area contributed by atoms with Gasteiger partial charge in [0.2, 0.25) is 0 Å². The Kier molecular flexibility index (Phi) is 4.66. The smallest absolute Gasteiger partial charge is 0.00814 e. The topological polar surface area (TPSA) is 0 Å². The number of alkyl halides is 1. The minimum absolute atomic E-state index is 0.811. The lowest BCUT2D eigenvalue weighted by Crippen LogP contribution is -1.91. The molecule has 1 heteroatoms. The summed E-state index contributed by atoms with van der Waals surface area (Å²) in [7, 11) is 0. The van der Waals surface area contributed by atoms with Crippen molar-refractivity contribution in [3.05, 3.63) is 35.9 Å². The molecule has 0 heterocycles. The maximum absolute atomic E-state index is 2.49. The molecule has 66 valence electrons. The van der Waals surface area contributed by atoms with E-state index in [0.717, 1.165) is 3.92 Å². The molecule has 0 saturated carbocycles. The Morgan fingerprint density at radius 2 is 1.92 bits per heavy atom. The van der Waals surface area contributed by atoms with Crippen LogP contribution in [0.3, 0.4) is 0 Å². The molecule has 0 aromatic heterocycles. The zero-order valence-corrected chi connectivity index (χ0v) is 9.62. The van der Waals surface area contributed by atoms with Gasteiger partial charge in [-0.25, -0.2) is 0 Å². The second-order valence-electron chi connectivity index (χ2n) is 3.16. The van der Waals surface area contributed by atoms with Gasteiger partial charge in [0.05, 0.1) is 0 Å². The summed E-state index contributed by atoms with van der Waals surface area (Å²) >= 11 is 2.49. The van der Waals surface area contributed by atoms with Crippen LogP contribution in [0.4, 0.5) is 0 Å². The molecule has 0 nitrogen and oxygen atoms in total. The number of rotatable bonds is 4. The molecule has 1 rings (SSSR count). The molecule has 0 aliphatic rings. The van der Waals surface area contributed by atoms with Gasteiger partial charge in [0.25, 0.3) is 0 Å². The second kappa shape index (κ2) is 5.57. The average Bonchev–Trinajstić information content (AvgIpc) is 2.05. The highest BCUT2D eigenvalue weighted by Gasteiger charge is 1.95. The van der Waals surface area contributed by atoms with Crippen molar-refractivity contribution >= 4 is 22.6 Å². The Hall–Kier alpha value is -0.0500. The normalized spacial score (nSPS) is 12.8. The van der Waals surface area contributed by atoms with Crippen LogP contribution in [-0.4, -0.2) is 3.92 Å². The molecule has 12 heavy (non-hydrogen) atoms. The Bertz CT molecular complexity index is 204. The lowest BCUT2D eigenvalue weighted by atomic mass is 10.1. The first-order valence-electron chi connectivity index (χ1n) is 4.47. The third-order valence-electron chi connectivity index (χ3n) is 1.91. The Labute approximate surface area is 88.5 Å². The van der Waals surface area contributed by atoms with E-state index in [1.54, 1.807) is 0 Å². The number of hydrogen-bond donors (Lipinski definition) is 0. The van der Waals surface area contributed by atoms with E-state index in [2.05, 4.69) is 59.8 Å². The van der Waals surface area contributed by atoms with Crippen LogP contribution in [0.15, 0.2) is 30.3 Å². The summed E-state index contributed by atoms with van der Waals surface area (Å²) in [6.45, 7) is 2.27. The summed E-state index contributed by atoms with van der Waals surface area (Å²) in [6.07, 6.45) is 3.87. The quantitative estimate of drug-likeness (QED) is 0.578. The van der Waals surface area contributed by atoms with E-state index < -0.39 is 0 Å². The van der Waals surface area contributed by atoms with Crippen LogP contribution in [0, 0.1) is 0 Å². The van der Waals surface area contributed by atoms with E-state index >= 15 is 0 Å². The van der Waals surface area contributed by atoms with Crippen molar-refractivity contribution in [1.29, 1.82) is 0 Å². The summed E-state index contributed by atoms with van der Waals surface area (Å²) < 4.78 is 0.811. The maximum Gasteiger partial charge on any atom is 0.00814 e. The van der Waals surface area contributed by atoms with Gasteiger partial charge >= 0.3 is 0 Å². The van der Waals surface area contributed by atoms with Crippen LogP contribution in [0.1, 0.15) is 25.3 Å². The van der Waals surface area contributed by atoms with E-state index in [0.29, 0.717) is 0 Å². The predicted molar refractivity (Wildman–Crippen MR) is 62.9 cm³/mol. The van der Waals surface area contributed by atoms with Crippen molar-refractivity contribution in [2.75, 3.05) is 0 Å². The van der Waals surface area contributed by atoms with Crippen LogP contribution >= 0.6 is 22.6 Å². The first-order chi connectivity index (χ1) is 5.79. The molecule has 1 aromatic carbocycles. The van der Waals surface area contributed by atoms with E-state index in [9.17, 15) is 0 Å². The van der Waals surface area contributed by atoms with Crippen molar-refractivity contribution in [3.8, 4) is 0 Å². The molecule has 1 atom stereocenters. The minimum atomic E-state index is 0.811. The summed E-state index contributed by atoms with van der Waals surface area (Å²) in [5, 5.41) is 0. The van der Waals surface area contributed by atoms with Crippen LogP contribution in [0.25, 0.3) is 0 Å². The van der Waals surface area contributed by atoms with Crippen molar-refractivity contribution in [2.24, 2.45) is 0 Å². The SMILES string of the molecule is CC(I)CCCc1ccccc1. The van der Waals surface area contributed by atoms with Crippen LogP contribution < -0.4 is 0 Å².